The average Bonchev–Trinajstić information content (AvgIpc) is 2.30. The van der Waals surface area contributed by atoms with E-state index in [4.69, 9.17) is 0 Å². The lowest BCUT2D eigenvalue weighted by Crippen LogP contribution is -1.94. The van der Waals surface area contributed by atoms with Crippen molar-refractivity contribution in [2.75, 3.05) is 0 Å². The molecule has 0 unspecified atom stereocenters. The zero-order valence-corrected chi connectivity index (χ0v) is 10.8. The summed E-state index contributed by atoms with van der Waals surface area (Å²) in [6.45, 7) is 6.25. The summed E-state index contributed by atoms with van der Waals surface area (Å²) in [6, 6.07) is 9.53. The first kappa shape index (κ1) is 12.7. The van der Waals surface area contributed by atoms with Crippen LogP contribution in [0.4, 0.5) is 8.78 Å². The van der Waals surface area contributed by atoms with E-state index in [0.29, 0.717) is 11.5 Å². The highest BCUT2D eigenvalue weighted by molar-refractivity contribution is 5.65. The molecule has 94 valence electrons. The number of hydrogen-bond acceptors (Lipinski definition) is 0. The fourth-order valence-electron chi connectivity index (χ4n) is 2.15. The Kier molecular flexibility index (Phi) is 3.46. The van der Waals surface area contributed by atoms with Crippen LogP contribution in [0.1, 0.15) is 30.9 Å². The van der Waals surface area contributed by atoms with Gasteiger partial charge in [0.2, 0.25) is 0 Å². The maximum Gasteiger partial charge on any atom is 0.133 e. The van der Waals surface area contributed by atoms with E-state index in [2.05, 4.69) is 13.8 Å². The summed E-state index contributed by atoms with van der Waals surface area (Å²) < 4.78 is 26.6. The van der Waals surface area contributed by atoms with Crippen molar-refractivity contribution in [1.29, 1.82) is 0 Å². The second kappa shape index (κ2) is 4.89. The van der Waals surface area contributed by atoms with Crippen molar-refractivity contribution in [3.8, 4) is 11.1 Å². The SMILES string of the molecule is Cc1ccc(-c2ccc(F)cc2F)cc1C(C)C. The van der Waals surface area contributed by atoms with Crippen molar-refractivity contribution in [2.24, 2.45) is 0 Å². The molecule has 2 rings (SSSR count). The number of halogens is 2. The third-order valence-electron chi connectivity index (χ3n) is 3.14. The quantitative estimate of drug-likeness (QED) is 0.694. The molecule has 0 N–H and O–H groups in total. The van der Waals surface area contributed by atoms with Crippen LogP contribution < -0.4 is 0 Å². The molecule has 0 bridgehead atoms. The van der Waals surface area contributed by atoms with Gasteiger partial charge in [-0.25, -0.2) is 8.78 Å². The van der Waals surface area contributed by atoms with Crippen LogP contribution in [0.25, 0.3) is 11.1 Å². The molecule has 0 heterocycles. The molecule has 0 aliphatic carbocycles. The second-order valence-corrected chi connectivity index (χ2v) is 4.85. The predicted molar refractivity (Wildman–Crippen MR) is 70.6 cm³/mol. The van der Waals surface area contributed by atoms with E-state index in [0.717, 1.165) is 11.6 Å². The minimum Gasteiger partial charge on any atom is -0.207 e. The van der Waals surface area contributed by atoms with E-state index in [-0.39, 0.29) is 0 Å². The zero-order chi connectivity index (χ0) is 13.3. The Labute approximate surface area is 106 Å². The molecule has 0 spiro atoms. The third kappa shape index (κ3) is 2.42. The van der Waals surface area contributed by atoms with Gasteiger partial charge >= 0.3 is 0 Å². The molecule has 0 fully saturated rings. The van der Waals surface area contributed by atoms with Crippen LogP contribution in [-0.2, 0) is 0 Å². The summed E-state index contributed by atoms with van der Waals surface area (Å²) in [7, 11) is 0. The van der Waals surface area contributed by atoms with Crippen molar-refractivity contribution in [1.82, 2.24) is 0 Å². The normalized spacial score (nSPS) is 11.0. The molecule has 0 nitrogen and oxygen atoms in total. The van der Waals surface area contributed by atoms with Gasteiger partial charge in [0.15, 0.2) is 0 Å². The van der Waals surface area contributed by atoms with Gasteiger partial charge in [-0.2, -0.15) is 0 Å². The molecule has 0 atom stereocenters. The lowest BCUT2D eigenvalue weighted by Gasteiger charge is -2.12. The molecule has 0 aromatic heterocycles. The molecule has 0 amide bonds. The van der Waals surface area contributed by atoms with E-state index >= 15 is 0 Å². The van der Waals surface area contributed by atoms with Gasteiger partial charge in [0, 0.05) is 11.6 Å². The Morgan fingerprint density at radius 1 is 0.944 bits per heavy atom. The number of hydrogen-bond donors (Lipinski definition) is 0. The van der Waals surface area contributed by atoms with Gasteiger partial charge in [0.25, 0.3) is 0 Å². The van der Waals surface area contributed by atoms with Crippen LogP contribution in [-0.4, -0.2) is 0 Å². The second-order valence-electron chi connectivity index (χ2n) is 4.85. The highest BCUT2D eigenvalue weighted by atomic mass is 19.1. The highest BCUT2D eigenvalue weighted by Crippen LogP contribution is 2.28. The Morgan fingerprint density at radius 3 is 2.28 bits per heavy atom. The number of benzene rings is 2. The fourth-order valence-corrected chi connectivity index (χ4v) is 2.15. The van der Waals surface area contributed by atoms with Crippen molar-refractivity contribution in [2.45, 2.75) is 26.7 Å². The molecular formula is C16H16F2. The first-order valence-corrected chi connectivity index (χ1v) is 6.05. The Morgan fingerprint density at radius 2 is 1.67 bits per heavy atom. The summed E-state index contributed by atoms with van der Waals surface area (Å²) >= 11 is 0. The molecule has 2 aromatic rings. The number of aryl methyl sites for hydroxylation is 1. The first-order valence-electron chi connectivity index (χ1n) is 6.05. The van der Waals surface area contributed by atoms with Gasteiger partial charge in [0.1, 0.15) is 11.6 Å². The van der Waals surface area contributed by atoms with E-state index in [1.165, 1.54) is 23.3 Å². The van der Waals surface area contributed by atoms with E-state index in [1.54, 1.807) is 0 Å². The van der Waals surface area contributed by atoms with Gasteiger partial charge in [-0.3, -0.25) is 0 Å². The minimum absolute atomic E-state index is 0.383. The Hall–Kier alpha value is -1.70. The van der Waals surface area contributed by atoms with Crippen LogP contribution in [0.3, 0.4) is 0 Å². The van der Waals surface area contributed by atoms with Crippen molar-refractivity contribution in [3.05, 3.63) is 59.2 Å². The molecule has 2 aromatic carbocycles. The molecule has 0 aliphatic heterocycles. The van der Waals surface area contributed by atoms with Crippen LogP contribution in [0, 0.1) is 18.6 Å². The Balaban J connectivity index is 2.54. The topological polar surface area (TPSA) is 0 Å². The van der Waals surface area contributed by atoms with Gasteiger partial charge in [-0.05, 0) is 41.7 Å². The lowest BCUT2D eigenvalue weighted by molar-refractivity contribution is 0.585. The predicted octanol–water partition coefficient (Wildman–Crippen LogP) is 5.06. The van der Waals surface area contributed by atoms with Gasteiger partial charge < -0.3 is 0 Å². The van der Waals surface area contributed by atoms with Gasteiger partial charge in [-0.15, -0.1) is 0 Å². The van der Waals surface area contributed by atoms with E-state index in [9.17, 15) is 8.78 Å². The van der Waals surface area contributed by atoms with E-state index in [1.807, 2.05) is 25.1 Å². The first-order chi connectivity index (χ1) is 8.49. The summed E-state index contributed by atoms with van der Waals surface area (Å²) in [6.07, 6.45) is 0. The van der Waals surface area contributed by atoms with Gasteiger partial charge in [-0.1, -0.05) is 32.0 Å². The van der Waals surface area contributed by atoms with E-state index < -0.39 is 11.6 Å². The molecular weight excluding hydrogens is 230 g/mol. The van der Waals surface area contributed by atoms with Crippen LogP contribution >= 0.6 is 0 Å². The van der Waals surface area contributed by atoms with Gasteiger partial charge in [0.05, 0.1) is 0 Å². The highest BCUT2D eigenvalue weighted by Gasteiger charge is 2.09. The van der Waals surface area contributed by atoms with Crippen LogP contribution in [0.15, 0.2) is 36.4 Å². The van der Waals surface area contributed by atoms with Crippen molar-refractivity contribution < 1.29 is 8.78 Å². The third-order valence-corrected chi connectivity index (χ3v) is 3.14. The zero-order valence-electron chi connectivity index (χ0n) is 10.8. The maximum absolute atomic E-state index is 13.7. The summed E-state index contributed by atoms with van der Waals surface area (Å²) in [5.74, 6) is -0.686. The molecule has 0 saturated carbocycles. The monoisotopic (exact) mass is 246 g/mol. The van der Waals surface area contributed by atoms with Crippen molar-refractivity contribution >= 4 is 0 Å². The molecule has 0 aliphatic rings. The Bertz CT molecular complexity index is 571. The summed E-state index contributed by atoms with van der Waals surface area (Å²) in [4.78, 5) is 0. The fraction of sp³-hybridized carbons (Fsp3) is 0.250. The standard InChI is InChI=1S/C16H16F2/c1-10(2)15-8-12(5-4-11(15)3)14-7-6-13(17)9-16(14)18/h4-10H,1-3H3. The van der Waals surface area contributed by atoms with Crippen LogP contribution in [0.2, 0.25) is 0 Å². The molecule has 0 radical (unpaired) electrons. The van der Waals surface area contributed by atoms with Crippen molar-refractivity contribution in [3.63, 3.8) is 0 Å². The molecule has 2 heteroatoms. The molecule has 18 heavy (non-hydrogen) atoms. The minimum atomic E-state index is -0.549. The molecule has 0 saturated heterocycles. The average molecular weight is 246 g/mol. The smallest absolute Gasteiger partial charge is 0.133 e. The lowest BCUT2D eigenvalue weighted by atomic mass is 9.93. The summed E-state index contributed by atoms with van der Waals surface area (Å²) in [5.41, 5.74) is 3.62. The summed E-state index contributed by atoms with van der Waals surface area (Å²) in [5, 5.41) is 0. The maximum atomic E-state index is 13.7. The largest absolute Gasteiger partial charge is 0.207 e. The number of rotatable bonds is 2. The van der Waals surface area contributed by atoms with Crippen LogP contribution in [0.5, 0.6) is 0 Å².